The number of halogens is 1. The number of aromatic nitrogens is 1. The Morgan fingerprint density at radius 3 is 2.70 bits per heavy atom. The van der Waals surface area contributed by atoms with Crippen LogP contribution in [0.3, 0.4) is 0 Å². The van der Waals surface area contributed by atoms with E-state index in [9.17, 15) is 4.39 Å². The van der Waals surface area contributed by atoms with Gasteiger partial charge in [-0.3, -0.25) is 4.98 Å². The highest BCUT2D eigenvalue weighted by Gasteiger charge is 2.15. The predicted octanol–water partition coefficient (Wildman–Crippen LogP) is 4.43. The van der Waals surface area contributed by atoms with Crippen LogP contribution in [-0.4, -0.2) is 11.5 Å². The lowest BCUT2D eigenvalue weighted by Crippen LogP contribution is -2.20. The summed E-state index contributed by atoms with van der Waals surface area (Å²) in [5, 5.41) is 3.35. The zero-order valence-electron chi connectivity index (χ0n) is 11.8. The molecule has 1 heterocycles. The third-order valence-electron chi connectivity index (χ3n) is 3.02. The van der Waals surface area contributed by atoms with Crippen molar-refractivity contribution in [1.29, 1.82) is 0 Å². The van der Waals surface area contributed by atoms with Crippen LogP contribution in [0.5, 0.6) is 0 Å². The van der Waals surface area contributed by atoms with Crippen LogP contribution in [0.15, 0.2) is 52.5 Å². The molecule has 1 aromatic carbocycles. The van der Waals surface area contributed by atoms with Crippen LogP contribution >= 0.6 is 11.8 Å². The molecule has 1 aromatic heterocycles. The third kappa shape index (κ3) is 3.81. The van der Waals surface area contributed by atoms with Gasteiger partial charge >= 0.3 is 0 Å². The monoisotopic (exact) mass is 290 g/mol. The van der Waals surface area contributed by atoms with E-state index in [0.29, 0.717) is 0 Å². The quantitative estimate of drug-likeness (QED) is 0.851. The minimum absolute atomic E-state index is 0.000451. The summed E-state index contributed by atoms with van der Waals surface area (Å²) in [5.41, 5.74) is 0.739. The van der Waals surface area contributed by atoms with Crippen LogP contribution in [-0.2, 0) is 0 Å². The van der Waals surface area contributed by atoms with Crippen molar-refractivity contribution in [3.05, 3.63) is 54.1 Å². The lowest BCUT2D eigenvalue weighted by atomic mass is 10.1. The molecule has 106 valence electrons. The molecule has 2 nitrogen and oxygen atoms in total. The molecule has 0 spiro atoms. The van der Waals surface area contributed by atoms with Crippen LogP contribution in [0.1, 0.15) is 31.9 Å². The Morgan fingerprint density at radius 1 is 1.25 bits per heavy atom. The van der Waals surface area contributed by atoms with Crippen LogP contribution < -0.4 is 5.32 Å². The van der Waals surface area contributed by atoms with Gasteiger partial charge in [0.25, 0.3) is 0 Å². The van der Waals surface area contributed by atoms with Crippen molar-refractivity contribution >= 4 is 11.8 Å². The molecule has 2 rings (SSSR count). The topological polar surface area (TPSA) is 24.9 Å². The van der Waals surface area contributed by atoms with Gasteiger partial charge in [-0.2, -0.15) is 0 Å². The summed E-state index contributed by atoms with van der Waals surface area (Å²) in [6.45, 7) is 4.99. The second kappa shape index (κ2) is 7.41. The molecule has 2 aromatic rings. The fourth-order valence-electron chi connectivity index (χ4n) is 2.02. The second-order valence-electron chi connectivity index (χ2n) is 4.61. The van der Waals surface area contributed by atoms with Crippen LogP contribution in [0.25, 0.3) is 0 Å². The SMILES string of the molecule is CCCNC(C)c1c(F)cccc1Sc1ccncc1. The smallest absolute Gasteiger partial charge is 0.129 e. The molecule has 1 atom stereocenters. The first-order valence-corrected chi connectivity index (χ1v) is 7.63. The average molecular weight is 290 g/mol. The Hall–Kier alpha value is -1.39. The average Bonchev–Trinajstić information content (AvgIpc) is 2.46. The van der Waals surface area contributed by atoms with Crippen molar-refractivity contribution < 1.29 is 4.39 Å². The maximum Gasteiger partial charge on any atom is 0.129 e. The molecule has 0 amide bonds. The molecular weight excluding hydrogens is 271 g/mol. The Labute approximate surface area is 123 Å². The molecule has 0 fully saturated rings. The van der Waals surface area contributed by atoms with Gasteiger partial charge < -0.3 is 5.32 Å². The number of nitrogens with one attached hydrogen (secondary N) is 1. The highest BCUT2D eigenvalue weighted by atomic mass is 32.2. The number of pyridine rings is 1. The normalized spacial score (nSPS) is 12.3. The number of hydrogen-bond donors (Lipinski definition) is 1. The van der Waals surface area contributed by atoms with E-state index in [1.807, 2.05) is 25.1 Å². The fraction of sp³-hybridized carbons (Fsp3) is 0.312. The van der Waals surface area contributed by atoms with Crippen molar-refractivity contribution in [2.45, 2.75) is 36.1 Å². The molecule has 1 unspecified atom stereocenters. The molecule has 0 aliphatic heterocycles. The van der Waals surface area contributed by atoms with Crippen LogP contribution in [0.4, 0.5) is 4.39 Å². The van der Waals surface area contributed by atoms with Crippen molar-refractivity contribution in [3.63, 3.8) is 0 Å². The van der Waals surface area contributed by atoms with E-state index in [1.165, 1.54) is 6.07 Å². The zero-order valence-corrected chi connectivity index (χ0v) is 12.6. The standard InChI is InChI=1S/C16H19FN2S/c1-3-9-19-12(2)16-14(17)5-4-6-15(16)20-13-7-10-18-11-8-13/h4-8,10-12,19H,3,9H2,1-2H3. The Bertz CT molecular complexity index is 545. The largest absolute Gasteiger partial charge is 0.310 e. The molecule has 0 radical (unpaired) electrons. The first kappa shape index (κ1) is 15.0. The van der Waals surface area contributed by atoms with E-state index in [-0.39, 0.29) is 11.9 Å². The molecule has 0 bridgehead atoms. The Balaban J connectivity index is 2.26. The fourth-order valence-corrected chi connectivity index (χ4v) is 3.07. The summed E-state index contributed by atoms with van der Waals surface area (Å²) >= 11 is 1.57. The molecular formula is C16H19FN2S. The lowest BCUT2D eigenvalue weighted by Gasteiger charge is -2.18. The molecule has 0 aliphatic carbocycles. The number of nitrogens with zero attached hydrogens (tertiary/aromatic N) is 1. The van der Waals surface area contributed by atoms with Crippen molar-refractivity contribution in [2.75, 3.05) is 6.54 Å². The Morgan fingerprint density at radius 2 is 2.00 bits per heavy atom. The van der Waals surface area contributed by atoms with Crippen LogP contribution in [0, 0.1) is 5.82 Å². The van der Waals surface area contributed by atoms with E-state index < -0.39 is 0 Å². The van der Waals surface area contributed by atoms with E-state index in [0.717, 1.165) is 28.3 Å². The van der Waals surface area contributed by atoms with E-state index >= 15 is 0 Å². The summed E-state index contributed by atoms with van der Waals surface area (Å²) in [6, 6.07) is 9.12. The first-order valence-electron chi connectivity index (χ1n) is 6.82. The molecule has 20 heavy (non-hydrogen) atoms. The molecule has 0 saturated heterocycles. The van der Waals surface area contributed by atoms with Crippen molar-refractivity contribution in [3.8, 4) is 0 Å². The highest BCUT2D eigenvalue weighted by molar-refractivity contribution is 7.99. The maximum atomic E-state index is 14.2. The minimum Gasteiger partial charge on any atom is -0.310 e. The van der Waals surface area contributed by atoms with Crippen molar-refractivity contribution in [2.24, 2.45) is 0 Å². The van der Waals surface area contributed by atoms with Gasteiger partial charge in [0.05, 0.1) is 0 Å². The summed E-state index contributed by atoms with van der Waals surface area (Å²) in [5.74, 6) is -0.153. The highest BCUT2D eigenvalue weighted by Crippen LogP contribution is 2.34. The van der Waals surface area contributed by atoms with Gasteiger partial charge in [0.15, 0.2) is 0 Å². The Kier molecular flexibility index (Phi) is 5.56. The van der Waals surface area contributed by atoms with Gasteiger partial charge in [-0.25, -0.2) is 4.39 Å². The molecule has 1 N–H and O–H groups in total. The summed E-state index contributed by atoms with van der Waals surface area (Å²) in [4.78, 5) is 6.02. The van der Waals surface area contributed by atoms with E-state index in [2.05, 4.69) is 17.2 Å². The predicted molar refractivity (Wildman–Crippen MR) is 81.5 cm³/mol. The van der Waals surface area contributed by atoms with Gasteiger partial charge in [0.1, 0.15) is 5.82 Å². The van der Waals surface area contributed by atoms with E-state index in [1.54, 1.807) is 30.2 Å². The number of rotatable bonds is 6. The van der Waals surface area contributed by atoms with E-state index in [4.69, 9.17) is 0 Å². The summed E-state index contributed by atoms with van der Waals surface area (Å²) in [6.07, 6.45) is 4.53. The summed E-state index contributed by atoms with van der Waals surface area (Å²) < 4.78 is 14.2. The molecule has 0 aliphatic rings. The minimum atomic E-state index is -0.153. The second-order valence-corrected chi connectivity index (χ2v) is 5.73. The van der Waals surface area contributed by atoms with Gasteiger partial charge in [0.2, 0.25) is 0 Å². The first-order chi connectivity index (χ1) is 9.72. The molecule has 4 heteroatoms. The lowest BCUT2D eigenvalue weighted by molar-refractivity contribution is 0.519. The number of benzene rings is 1. The van der Waals surface area contributed by atoms with Gasteiger partial charge in [-0.15, -0.1) is 0 Å². The van der Waals surface area contributed by atoms with Gasteiger partial charge in [0, 0.05) is 33.8 Å². The van der Waals surface area contributed by atoms with Crippen LogP contribution in [0.2, 0.25) is 0 Å². The summed E-state index contributed by atoms with van der Waals surface area (Å²) in [7, 11) is 0. The zero-order chi connectivity index (χ0) is 14.4. The molecule has 0 saturated carbocycles. The van der Waals surface area contributed by atoms with Gasteiger partial charge in [-0.05, 0) is 44.2 Å². The van der Waals surface area contributed by atoms with Gasteiger partial charge in [-0.1, -0.05) is 24.8 Å². The number of hydrogen-bond acceptors (Lipinski definition) is 3. The maximum absolute atomic E-state index is 14.2. The third-order valence-corrected chi connectivity index (χ3v) is 4.11. The van der Waals surface area contributed by atoms with Crippen molar-refractivity contribution in [1.82, 2.24) is 10.3 Å².